The molecular weight excluding hydrogens is 626 g/mol. The SMILES string of the molecule is COc1cc(OC)c(/C=C/SCc2ccc(OC)c(N/C=C/C(=O)c3cc(OC)c(OC)c(OC)c3Br)c2)c(OC)c1. The number of halogens is 1. The Kier molecular flexibility index (Phi) is 12.3. The quantitative estimate of drug-likeness (QED) is 0.133. The maximum Gasteiger partial charge on any atom is 0.204 e. The highest BCUT2D eigenvalue weighted by Gasteiger charge is 2.21. The van der Waals surface area contributed by atoms with Crippen molar-refractivity contribution in [3.8, 4) is 40.2 Å². The number of hydrogen-bond acceptors (Lipinski definition) is 10. The molecule has 3 rings (SSSR count). The van der Waals surface area contributed by atoms with E-state index in [0.29, 0.717) is 61.7 Å². The number of thioether (sulfide) groups is 1. The Labute approximate surface area is 258 Å². The summed E-state index contributed by atoms with van der Waals surface area (Å²) in [5, 5.41) is 5.14. The lowest BCUT2D eigenvalue weighted by Gasteiger charge is -2.15. The molecule has 0 atom stereocenters. The Bertz CT molecular complexity index is 1430. The molecule has 0 unspecified atom stereocenters. The van der Waals surface area contributed by atoms with E-state index < -0.39 is 0 Å². The summed E-state index contributed by atoms with van der Waals surface area (Å²) in [4.78, 5) is 13.1. The van der Waals surface area contributed by atoms with E-state index in [4.69, 9.17) is 33.2 Å². The van der Waals surface area contributed by atoms with Gasteiger partial charge in [0, 0.05) is 35.7 Å². The second-order valence-electron chi connectivity index (χ2n) is 8.44. The van der Waals surface area contributed by atoms with Crippen molar-refractivity contribution in [1.29, 1.82) is 0 Å². The summed E-state index contributed by atoms with van der Waals surface area (Å²) >= 11 is 5.06. The fraction of sp³-hybridized carbons (Fsp3) is 0.258. The zero-order chi connectivity index (χ0) is 30.6. The minimum Gasteiger partial charge on any atom is -0.496 e. The molecule has 1 N–H and O–H groups in total. The summed E-state index contributed by atoms with van der Waals surface area (Å²) in [7, 11) is 10.9. The number of ketones is 1. The van der Waals surface area contributed by atoms with Gasteiger partial charge in [0.05, 0.1) is 65.5 Å². The molecule has 3 aromatic rings. The summed E-state index contributed by atoms with van der Waals surface area (Å²) < 4.78 is 38.5. The predicted molar refractivity (Wildman–Crippen MR) is 170 cm³/mol. The van der Waals surface area contributed by atoms with Gasteiger partial charge in [0.15, 0.2) is 17.3 Å². The molecular formula is C31H34BrNO8S. The molecule has 0 fully saturated rings. The second-order valence-corrected chi connectivity index (χ2v) is 10.1. The maximum absolute atomic E-state index is 13.1. The van der Waals surface area contributed by atoms with Crippen molar-refractivity contribution in [3.63, 3.8) is 0 Å². The first-order valence-corrected chi connectivity index (χ1v) is 14.4. The van der Waals surface area contributed by atoms with Gasteiger partial charge < -0.3 is 38.5 Å². The van der Waals surface area contributed by atoms with E-state index in [9.17, 15) is 4.79 Å². The Morgan fingerprint density at radius 1 is 0.786 bits per heavy atom. The molecule has 42 heavy (non-hydrogen) atoms. The van der Waals surface area contributed by atoms with E-state index in [0.717, 1.165) is 11.1 Å². The summed E-state index contributed by atoms with van der Waals surface area (Å²) in [6.07, 6.45) is 4.93. The Balaban J connectivity index is 1.74. The molecule has 9 nitrogen and oxygen atoms in total. The lowest BCUT2D eigenvalue weighted by Crippen LogP contribution is -2.03. The Hall–Kier alpha value is -3.96. The third-order valence-corrected chi connectivity index (χ3v) is 7.72. The van der Waals surface area contributed by atoms with Crippen LogP contribution in [-0.2, 0) is 5.75 Å². The molecule has 0 saturated heterocycles. The average molecular weight is 661 g/mol. The number of carbonyl (C=O) groups excluding carboxylic acids is 1. The summed E-state index contributed by atoms with van der Waals surface area (Å²) in [5.74, 6) is 4.15. The second kappa shape index (κ2) is 15.9. The highest BCUT2D eigenvalue weighted by molar-refractivity contribution is 9.10. The number of hydrogen-bond donors (Lipinski definition) is 1. The van der Waals surface area contributed by atoms with Crippen LogP contribution in [0, 0.1) is 0 Å². The topological polar surface area (TPSA) is 93.7 Å². The average Bonchev–Trinajstić information content (AvgIpc) is 3.02. The summed E-state index contributed by atoms with van der Waals surface area (Å²) in [6.45, 7) is 0. The fourth-order valence-corrected chi connectivity index (χ4v) is 5.36. The van der Waals surface area contributed by atoms with Crippen LogP contribution in [0.3, 0.4) is 0 Å². The van der Waals surface area contributed by atoms with Gasteiger partial charge in [-0.05, 0) is 51.2 Å². The normalized spacial score (nSPS) is 11.0. The first-order chi connectivity index (χ1) is 20.3. The number of carbonyl (C=O) groups is 1. The molecule has 0 aromatic heterocycles. The minimum atomic E-state index is -0.270. The molecule has 0 heterocycles. The highest BCUT2D eigenvalue weighted by atomic mass is 79.9. The van der Waals surface area contributed by atoms with E-state index in [2.05, 4.69) is 21.2 Å². The molecule has 0 spiro atoms. The molecule has 11 heteroatoms. The number of rotatable bonds is 15. The number of methoxy groups -OCH3 is 7. The smallest absolute Gasteiger partial charge is 0.204 e. The number of benzene rings is 3. The van der Waals surface area contributed by atoms with Gasteiger partial charge in [-0.15, -0.1) is 11.8 Å². The minimum absolute atomic E-state index is 0.270. The van der Waals surface area contributed by atoms with Crippen molar-refractivity contribution in [3.05, 3.63) is 75.2 Å². The molecule has 0 amide bonds. The molecule has 0 aliphatic carbocycles. The van der Waals surface area contributed by atoms with E-state index in [-0.39, 0.29) is 5.78 Å². The number of anilines is 1. The van der Waals surface area contributed by atoms with Crippen molar-refractivity contribution < 1.29 is 38.0 Å². The first-order valence-electron chi connectivity index (χ1n) is 12.6. The van der Waals surface area contributed by atoms with Crippen molar-refractivity contribution >= 4 is 45.2 Å². The lowest BCUT2D eigenvalue weighted by atomic mass is 10.1. The zero-order valence-corrected chi connectivity index (χ0v) is 26.9. The molecule has 0 radical (unpaired) electrons. The third-order valence-electron chi connectivity index (χ3n) is 6.11. The molecule has 224 valence electrons. The van der Waals surface area contributed by atoms with Crippen LogP contribution in [0.5, 0.6) is 40.2 Å². The largest absolute Gasteiger partial charge is 0.496 e. The van der Waals surface area contributed by atoms with Gasteiger partial charge in [0.25, 0.3) is 0 Å². The Morgan fingerprint density at radius 2 is 1.43 bits per heavy atom. The predicted octanol–water partition coefficient (Wildman–Crippen LogP) is 7.22. The molecule has 0 aliphatic rings. The molecule has 0 bridgehead atoms. The van der Waals surface area contributed by atoms with Crippen LogP contribution < -0.4 is 38.5 Å². The number of allylic oxidation sites excluding steroid dienone is 1. The van der Waals surface area contributed by atoms with Crippen LogP contribution in [0.25, 0.3) is 6.08 Å². The van der Waals surface area contributed by atoms with Crippen LogP contribution >= 0.6 is 27.7 Å². The monoisotopic (exact) mass is 659 g/mol. The van der Waals surface area contributed by atoms with Crippen molar-refractivity contribution in [1.82, 2.24) is 0 Å². The maximum atomic E-state index is 13.1. The van der Waals surface area contributed by atoms with Gasteiger partial charge in [-0.25, -0.2) is 0 Å². The first kappa shape index (κ1) is 32.6. The standard InChI is InChI=1S/C31H34BrNO8S/c1-35-20-15-26(37-3)21(27(16-20)38-4)11-13-42-18-19-8-9-25(36-2)23(14-19)33-12-10-24(34)22-17-28(39-5)30(40-6)31(41-7)29(22)32/h8-17,33H,18H2,1-7H3/b12-10+,13-11+. The fourth-order valence-electron chi connectivity index (χ4n) is 4.01. The summed E-state index contributed by atoms with van der Waals surface area (Å²) in [6, 6.07) is 11.1. The van der Waals surface area contributed by atoms with Crippen LogP contribution in [0.2, 0.25) is 0 Å². The Morgan fingerprint density at radius 3 is 2.00 bits per heavy atom. The van der Waals surface area contributed by atoms with E-state index in [1.54, 1.807) is 52.5 Å². The third kappa shape index (κ3) is 7.65. The highest BCUT2D eigenvalue weighted by Crippen LogP contribution is 2.45. The zero-order valence-electron chi connectivity index (χ0n) is 24.5. The lowest BCUT2D eigenvalue weighted by molar-refractivity contribution is 0.104. The van der Waals surface area contributed by atoms with Gasteiger partial charge in [-0.1, -0.05) is 6.07 Å². The number of nitrogens with one attached hydrogen (secondary N) is 1. The molecule has 3 aromatic carbocycles. The van der Waals surface area contributed by atoms with Crippen LogP contribution in [-0.4, -0.2) is 55.6 Å². The van der Waals surface area contributed by atoms with Crippen molar-refractivity contribution in [2.24, 2.45) is 0 Å². The van der Waals surface area contributed by atoms with Gasteiger partial charge >= 0.3 is 0 Å². The van der Waals surface area contributed by atoms with Gasteiger partial charge in [0.1, 0.15) is 23.0 Å². The van der Waals surface area contributed by atoms with Crippen LogP contribution in [0.1, 0.15) is 21.5 Å². The number of ether oxygens (including phenoxy) is 7. The molecule has 0 saturated carbocycles. The van der Waals surface area contributed by atoms with Crippen LogP contribution in [0.4, 0.5) is 5.69 Å². The summed E-state index contributed by atoms with van der Waals surface area (Å²) in [5.41, 5.74) is 2.94. The van der Waals surface area contributed by atoms with E-state index in [1.807, 2.05) is 41.8 Å². The van der Waals surface area contributed by atoms with Crippen LogP contribution in [0.15, 0.2) is 58.6 Å². The van der Waals surface area contributed by atoms with Crippen molar-refractivity contribution in [2.75, 3.05) is 55.1 Å². The van der Waals surface area contributed by atoms with E-state index in [1.165, 1.54) is 27.4 Å². The van der Waals surface area contributed by atoms with Gasteiger partial charge in [-0.3, -0.25) is 4.79 Å². The molecule has 0 aliphatic heterocycles. The van der Waals surface area contributed by atoms with Gasteiger partial charge in [0.2, 0.25) is 5.75 Å². The van der Waals surface area contributed by atoms with E-state index >= 15 is 0 Å². The van der Waals surface area contributed by atoms with Crippen molar-refractivity contribution in [2.45, 2.75) is 5.75 Å². The van der Waals surface area contributed by atoms with Gasteiger partial charge in [-0.2, -0.15) is 0 Å².